The fraction of sp³-hybridized carbons (Fsp3) is 0.500. The fourth-order valence-electron chi connectivity index (χ4n) is 1.51. The maximum absolute atomic E-state index is 11.7. The van der Waals surface area contributed by atoms with Crippen molar-refractivity contribution in [3.05, 3.63) is 29.8 Å². The van der Waals surface area contributed by atoms with Crippen LogP contribution in [0.15, 0.2) is 24.3 Å². The number of nitrogens with one attached hydrogen (secondary N) is 1. The number of amides is 1. The molecule has 1 amide bonds. The second kappa shape index (κ2) is 5.15. The molecule has 0 bridgehead atoms. The topological polar surface area (TPSA) is 29.1 Å². The lowest BCUT2D eigenvalue weighted by Gasteiger charge is -2.17. The summed E-state index contributed by atoms with van der Waals surface area (Å²) in [5.74, 6) is 0.0803. The third kappa shape index (κ3) is 4.47. The number of carbonyl (C=O) groups excluding carboxylic acids is 1. The lowest BCUT2D eigenvalue weighted by molar-refractivity contribution is -0.117. The van der Waals surface area contributed by atoms with E-state index in [0.29, 0.717) is 6.42 Å². The first-order valence-electron chi connectivity index (χ1n) is 5.79. The third-order valence-electron chi connectivity index (χ3n) is 2.34. The number of benzene rings is 1. The molecule has 0 atom stereocenters. The van der Waals surface area contributed by atoms with E-state index in [1.54, 1.807) is 0 Å². The average molecular weight is 219 g/mol. The number of hydrogen-bond donors (Lipinski definition) is 1. The smallest absolute Gasteiger partial charge is 0.224 e. The lowest BCUT2D eigenvalue weighted by Crippen LogP contribution is -2.19. The summed E-state index contributed by atoms with van der Waals surface area (Å²) in [5.41, 5.74) is 2.20. The molecule has 2 nitrogen and oxygen atoms in total. The Bertz CT molecular complexity index is 346. The number of anilines is 1. The Morgan fingerprint density at radius 2 is 1.75 bits per heavy atom. The normalized spacial score (nSPS) is 11.2. The molecule has 1 N–H and O–H groups in total. The molecule has 0 unspecified atom stereocenters. The first-order chi connectivity index (χ1) is 7.40. The van der Waals surface area contributed by atoms with Crippen LogP contribution in [0, 0.1) is 5.41 Å². The van der Waals surface area contributed by atoms with Crippen molar-refractivity contribution >= 4 is 11.6 Å². The Morgan fingerprint density at radius 3 is 2.19 bits per heavy atom. The van der Waals surface area contributed by atoms with Crippen LogP contribution in [-0.4, -0.2) is 5.91 Å². The SMILES string of the molecule is CCc1ccc(NC(=O)CC(C)(C)C)cc1. The minimum Gasteiger partial charge on any atom is -0.326 e. The van der Waals surface area contributed by atoms with Crippen molar-refractivity contribution in [3.63, 3.8) is 0 Å². The molecular formula is C14H21NO. The van der Waals surface area contributed by atoms with Crippen LogP contribution in [0.5, 0.6) is 0 Å². The second-order valence-corrected chi connectivity index (χ2v) is 5.34. The van der Waals surface area contributed by atoms with E-state index in [9.17, 15) is 4.79 Å². The summed E-state index contributed by atoms with van der Waals surface area (Å²) in [7, 11) is 0. The number of hydrogen-bond acceptors (Lipinski definition) is 1. The number of rotatable bonds is 3. The van der Waals surface area contributed by atoms with Gasteiger partial charge in [-0.15, -0.1) is 0 Å². The molecular weight excluding hydrogens is 198 g/mol. The molecule has 0 heterocycles. The van der Waals surface area contributed by atoms with Gasteiger partial charge in [-0.2, -0.15) is 0 Å². The van der Waals surface area contributed by atoms with Gasteiger partial charge in [-0.25, -0.2) is 0 Å². The van der Waals surface area contributed by atoms with E-state index >= 15 is 0 Å². The predicted molar refractivity (Wildman–Crippen MR) is 68.5 cm³/mol. The summed E-state index contributed by atoms with van der Waals surface area (Å²) in [4.78, 5) is 11.7. The van der Waals surface area contributed by atoms with Crippen LogP contribution in [0.4, 0.5) is 5.69 Å². The molecule has 1 aromatic carbocycles. The van der Waals surface area contributed by atoms with Gasteiger partial charge in [0.2, 0.25) is 5.91 Å². The van der Waals surface area contributed by atoms with Gasteiger partial charge < -0.3 is 5.32 Å². The van der Waals surface area contributed by atoms with Gasteiger partial charge in [0.25, 0.3) is 0 Å². The van der Waals surface area contributed by atoms with Crippen molar-refractivity contribution in [1.29, 1.82) is 0 Å². The van der Waals surface area contributed by atoms with Gasteiger partial charge in [-0.1, -0.05) is 39.8 Å². The highest BCUT2D eigenvalue weighted by atomic mass is 16.1. The second-order valence-electron chi connectivity index (χ2n) is 5.34. The fourth-order valence-corrected chi connectivity index (χ4v) is 1.51. The van der Waals surface area contributed by atoms with Crippen LogP contribution >= 0.6 is 0 Å². The van der Waals surface area contributed by atoms with E-state index in [1.807, 2.05) is 24.3 Å². The molecule has 0 saturated carbocycles. The highest BCUT2D eigenvalue weighted by Crippen LogP contribution is 2.19. The van der Waals surface area contributed by atoms with E-state index in [1.165, 1.54) is 5.56 Å². The summed E-state index contributed by atoms with van der Waals surface area (Å²) in [5, 5.41) is 2.91. The van der Waals surface area contributed by atoms with Gasteiger partial charge >= 0.3 is 0 Å². The van der Waals surface area contributed by atoms with Gasteiger partial charge in [-0.3, -0.25) is 4.79 Å². The van der Waals surface area contributed by atoms with Crippen molar-refractivity contribution in [2.45, 2.75) is 40.5 Å². The number of carbonyl (C=O) groups is 1. The molecule has 1 rings (SSSR count). The maximum atomic E-state index is 11.7. The molecule has 0 saturated heterocycles. The zero-order valence-electron chi connectivity index (χ0n) is 10.6. The minimum absolute atomic E-state index is 0.0352. The molecule has 0 radical (unpaired) electrons. The van der Waals surface area contributed by atoms with Crippen molar-refractivity contribution in [1.82, 2.24) is 0 Å². The lowest BCUT2D eigenvalue weighted by atomic mass is 9.92. The van der Waals surface area contributed by atoms with Crippen molar-refractivity contribution in [2.24, 2.45) is 5.41 Å². The zero-order valence-corrected chi connectivity index (χ0v) is 10.6. The summed E-state index contributed by atoms with van der Waals surface area (Å²) < 4.78 is 0. The highest BCUT2D eigenvalue weighted by Gasteiger charge is 2.15. The van der Waals surface area contributed by atoms with Crippen molar-refractivity contribution in [2.75, 3.05) is 5.32 Å². The summed E-state index contributed by atoms with van der Waals surface area (Å²) in [6, 6.07) is 8.01. The van der Waals surface area contributed by atoms with Gasteiger partial charge in [-0.05, 0) is 29.5 Å². The summed E-state index contributed by atoms with van der Waals surface area (Å²) in [6.07, 6.45) is 1.57. The van der Waals surface area contributed by atoms with Crippen LogP contribution in [0.3, 0.4) is 0 Å². The molecule has 0 fully saturated rings. The Balaban J connectivity index is 2.56. The van der Waals surface area contributed by atoms with Crippen LogP contribution < -0.4 is 5.32 Å². The largest absolute Gasteiger partial charge is 0.326 e. The Hall–Kier alpha value is -1.31. The van der Waals surface area contributed by atoms with E-state index in [0.717, 1.165) is 12.1 Å². The zero-order chi connectivity index (χ0) is 12.2. The Morgan fingerprint density at radius 1 is 1.19 bits per heavy atom. The quantitative estimate of drug-likeness (QED) is 0.826. The van der Waals surface area contributed by atoms with Gasteiger partial charge in [0.1, 0.15) is 0 Å². The molecule has 1 aromatic rings. The monoisotopic (exact) mass is 219 g/mol. The van der Waals surface area contributed by atoms with E-state index in [4.69, 9.17) is 0 Å². The van der Waals surface area contributed by atoms with Crippen LogP contribution in [0.1, 0.15) is 39.7 Å². The Kier molecular flexibility index (Phi) is 4.11. The van der Waals surface area contributed by atoms with E-state index < -0.39 is 0 Å². The minimum atomic E-state index is 0.0352. The van der Waals surface area contributed by atoms with E-state index in [2.05, 4.69) is 33.0 Å². The van der Waals surface area contributed by atoms with Crippen LogP contribution in [0.2, 0.25) is 0 Å². The van der Waals surface area contributed by atoms with Crippen LogP contribution in [0.25, 0.3) is 0 Å². The summed E-state index contributed by atoms with van der Waals surface area (Å²) >= 11 is 0. The predicted octanol–water partition coefficient (Wildman–Crippen LogP) is 3.62. The van der Waals surface area contributed by atoms with Crippen LogP contribution in [-0.2, 0) is 11.2 Å². The van der Waals surface area contributed by atoms with Gasteiger partial charge in [0.15, 0.2) is 0 Å². The molecule has 16 heavy (non-hydrogen) atoms. The van der Waals surface area contributed by atoms with E-state index in [-0.39, 0.29) is 11.3 Å². The molecule has 0 aliphatic heterocycles. The third-order valence-corrected chi connectivity index (χ3v) is 2.34. The standard InChI is InChI=1S/C14H21NO/c1-5-11-6-8-12(9-7-11)15-13(16)10-14(2,3)4/h6-9H,5,10H2,1-4H3,(H,15,16). The summed E-state index contributed by atoms with van der Waals surface area (Å²) in [6.45, 7) is 8.31. The van der Waals surface area contributed by atoms with Gasteiger partial charge in [0, 0.05) is 12.1 Å². The molecule has 0 aromatic heterocycles. The first kappa shape index (κ1) is 12.8. The maximum Gasteiger partial charge on any atom is 0.224 e. The molecule has 2 heteroatoms. The molecule has 0 aliphatic carbocycles. The highest BCUT2D eigenvalue weighted by molar-refractivity contribution is 5.91. The molecule has 0 spiro atoms. The molecule has 0 aliphatic rings. The van der Waals surface area contributed by atoms with Gasteiger partial charge in [0.05, 0.1) is 0 Å². The number of aryl methyl sites for hydroxylation is 1. The average Bonchev–Trinajstić information content (AvgIpc) is 2.16. The first-order valence-corrected chi connectivity index (χ1v) is 5.79. The van der Waals surface area contributed by atoms with Crippen molar-refractivity contribution < 1.29 is 4.79 Å². The molecule has 88 valence electrons. The van der Waals surface area contributed by atoms with Crippen molar-refractivity contribution in [3.8, 4) is 0 Å². The Labute approximate surface area is 98.1 Å².